The van der Waals surface area contributed by atoms with Crippen LogP contribution in [0, 0.1) is 0 Å². The van der Waals surface area contributed by atoms with Crippen LogP contribution in [0.1, 0.15) is 36.0 Å². The molecule has 0 amide bonds. The second-order valence-electron chi connectivity index (χ2n) is 10.4. The summed E-state index contributed by atoms with van der Waals surface area (Å²) in [5.41, 5.74) is 2.42. The van der Waals surface area contributed by atoms with E-state index < -0.39 is 23.0 Å². The number of nitrogens with zero attached hydrogens (tertiary/aromatic N) is 1. The van der Waals surface area contributed by atoms with Crippen molar-refractivity contribution in [3.8, 4) is 11.5 Å². The Morgan fingerprint density at radius 2 is 1.97 bits per heavy atom. The van der Waals surface area contributed by atoms with E-state index in [2.05, 4.69) is 17.3 Å². The van der Waals surface area contributed by atoms with Crippen molar-refractivity contribution < 1.29 is 24.5 Å². The second kappa shape index (κ2) is 9.69. The second-order valence-corrected chi connectivity index (χ2v) is 10.4. The summed E-state index contributed by atoms with van der Waals surface area (Å²) in [5.74, 6) is -0.146. The third-order valence-corrected chi connectivity index (χ3v) is 9.05. The molecule has 7 nitrogen and oxygen atoms in total. The minimum Gasteiger partial charge on any atom is -0.504 e. The summed E-state index contributed by atoms with van der Waals surface area (Å²) < 4.78 is 13.1. The quantitative estimate of drug-likeness (QED) is 0.521. The Morgan fingerprint density at radius 1 is 1.22 bits per heavy atom. The Labute approximate surface area is 224 Å². The van der Waals surface area contributed by atoms with Crippen LogP contribution in [-0.4, -0.2) is 71.6 Å². The molecule has 36 heavy (non-hydrogen) atoms. The number of aliphatic carboxylic acids is 1. The fraction of sp³-hybridized carbons (Fsp3) is 0.519. The third-order valence-electron chi connectivity index (χ3n) is 9.05. The van der Waals surface area contributed by atoms with Crippen LogP contribution in [0.3, 0.4) is 0 Å². The van der Waals surface area contributed by atoms with Gasteiger partial charge in [0.2, 0.25) is 0 Å². The van der Waals surface area contributed by atoms with Crippen molar-refractivity contribution in [3.63, 3.8) is 0 Å². The molecule has 2 aromatic rings. The zero-order valence-corrected chi connectivity index (χ0v) is 22.1. The number of hydrogen-bond acceptors (Lipinski definition) is 6. The van der Waals surface area contributed by atoms with E-state index >= 15 is 0 Å². The summed E-state index contributed by atoms with van der Waals surface area (Å²) in [6, 6.07) is 12.8. The van der Waals surface area contributed by atoms with Crippen LogP contribution in [0.25, 0.3) is 0 Å². The normalized spacial score (nSPS) is 32.3. The molecule has 3 N–H and O–H groups in total. The van der Waals surface area contributed by atoms with Gasteiger partial charge in [-0.25, -0.2) is 0 Å². The van der Waals surface area contributed by atoms with Gasteiger partial charge >= 0.3 is 5.97 Å². The molecule has 1 saturated heterocycles. The minimum atomic E-state index is -0.867. The fourth-order valence-corrected chi connectivity index (χ4v) is 7.64. The van der Waals surface area contributed by atoms with E-state index in [0.717, 1.165) is 43.4 Å². The number of carboxylic acid groups (broad SMARTS) is 1. The number of methoxy groups -OCH3 is 1. The highest BCUT2D eigenvalue weighted by atomic mass is 35.5. The van der Waals surface area contributed by atoms with Gasteiger partial charge in [0.05, 0.1) is 11.0 Å². The Kier molecular flexibility index (Phi) is 7.27. The first-order chi connectivity index (χ1) is 16.4. The maximum absolute atomic E-state index is 12.3. The van der Waals surface area contributed by atoms with Crippen LogP contribution in [0.5, 0.6) is 11.5 Å². The molecule has 2 bridgehead atoms. The molecule has 2 aliphatic heterocycles. The molecule has 6 rings (SSSR count). The monoisotopic (exact) mass is 536 g/mol. The van der Waals surface area contributed by atoms with Crippen molar-refractivity contribution in [2.75, 3.05) is 20.7 Å². The predicted molar refractivity (Wildman–Crippen MR) is 141 cm³/mol. The van der Waals surface area contributed by atoms with Gasteiger partial charge in [-0.15, -0.1) is 24.8 Å². The average molecular weight is 537 g/mol. The van der Waals surface area contributed by atoms with E-state index in [1.807, 2.05) is 36.4 Å². The van der Waals surface area contributed by atoms with Gasteiger partial charge in [-0.05, 0) is 62.9 Å². The zero-order chi connectivity index (χ0) is 23.7. The molecule has 0 aromatic heterocycles. The van der Waals surface area contributed by atoms with Crippen LogP contribution < -0.4 is 10.1 Å². The van der Waals surface area contributed by atoms with E-state index in [4.69, 9.17) is 9.47 Å². The van der Waals surface area contributed by atoms with Gasteiger partial charge < -0.3 is 24.6 Å². The summed E-state index contributed by atoms with van der Waals surface area (Å²) in [6.07, 6.45) is 3.34. The summed E-state index contributed by atoms with van der Waals surface area (Å²) in [6.45, 7) is 0.906. The smallest absolute Gasteiger partial charge is 0.321 e. The van der Waals surface area contributed by atoms with Gasteiger partial charge in [0, 0.05) is 24.8 Å². The number of nitrogens with one attached hydrogen (secondary N) is 1. The van der Waals surface area contributed by atoms with E-state index in [1.165, 1.54) is 5.56 Å². The average Bonchev–Trinajstić information content (AvgIpc) is 3.20. The van der Waals surface area contributed by atoms with Crippen LogP contribution in [-0.2, 0) is 27.8 Å². The number of likely N-dealkylation sites (N-methyl/N-ethyl adjacent to an activating group) is 1. The molecule has 2 aliphatic carbocycles. The molecule has 1 spiro atoms. The fourth-order valence-electron chi connectivity index (χ4n) is 7.64. The van der Waals surface area contributed by atoms with E-state index in [-0.39, 0.29) is 48.8 Å². The Morgan fingerprint density at radius 3 is 2.67 bits per heavy atom. The van der Waals surface area contributed by atoms with Crippen LogP contribution in [0.2, 0.25) is 0 Å². The number of carboxylic acids is 1. The molecule has 196 valence electrons. The molecule has 0 radical (unpaired) electrons. The topological polar surface area (TPSA) is 91.3 Å². The van der Waals surface area contributed by atoms with Gasteiger partial charge in [0.1, 0.15) is 12.1 Å². The lowest BCUT2D eigenvalue weighted by molar-refractivity contribution is -0.204. The summed E-state index contributed by atoms with van der Waals surface area (Å²) in [5, 5.41) is 24.3. The van der Waals surface area contributed by atoms with Crippen molar-refractivity contribution >= 4 is 30.8 Å². The van der Waals surface area contributed by atoms with Crippen molar-refractivity contribution in [1.29, 1.82) is 0 Å². The highest BCUT2D eigenvalue weighted by Gasteiger charge is 2.73. The zero-order valence-electron chi connectivity index (χ0n) is 20.5. The molecular formula is C27H34Cl2N2O5. The van der Waals surface area contributed by atoms with E-state index in [9.17, 15) is 15.0 Å². The number of carbonyl (C=O) groups is 1. The molecular weight excluding hydrogens is 503 g/mol. The number of halogens is 2. The van der Waals surface area contributed by atoms with E-state index in [1.54, 1.807) is 13.2 Å². The molecule has 6 atom stereocenters. The Bertz CT molecular complexity index is 1130. The Balaban J connectivity index is 0.00000152. The first-order valence-corrected chi connectivity index (χ1v) is 12.2. The number of likely N-dealkylation sites (tertiary alicyclic amines) is 1. The lowest BCUT2D eigenvalue weighted by Crippen LogP contribution is -2.78. The summed E-state index contributed by atoms with van der Waals surface area (Å²) in [7, 11) is 3.97. The number of benzene rings is 2. The van der Waals surface area contributed by atoms with Crippen LogP contribution in [0.15, 0.2) is 42.5 Å². The SMILES string of the molecule is CO[C@@]12CC[C@H](N[C@@H](Cc3ccccc3)C(=O)O)[C@@H]3Oc4c(O)ccc5c4C31CCN(C)C2C5.Cl.Cl. The number of piperidine rings is 1. The molecule has 9 heteroatoms. The first kappa shape index (κ1) is 27.0. The van der Waals surface area contributed by atoms with E-state index in [0.29, 0.717) is 12.2 Å². The predicted octanol–water partition coefficient (Wildman–Crippen LogP) is 3.33. The molecule has 2 aromatic carbocycles. The third kappa shape index (κ3) is 3.55. The number of phenols is 1. The Hall–Kier alpha value is -2.03. The van der Waals surface area contributed by atoms with Crippen molar-refractivity contribution in [2.24, 2.45) is 0 Å². The number of rotatable bonds is 6. The summed E-state index contributed by atoms with van der Waals surface area (Å²) in [4.78, 5) is 14.7. The van der Waals surface area contributed by atoms with Gasteiger partial charge in [0.25, 0.3) is 0 Å². The molecule has 2 heterocycles. The molecule has 4 aliphatic rings. The van der Waals surface area contributed by atoms with Gasteiger partial charge in [-0.3, -0.25) is 10.1 Å². The number of ether oxygens (including phenoxy) is 2. The molecule has 1 saturated carbocycles. The lowest BCUT2D eigenvalue weighted by Gasteiger charge is -2.65. The van der Waals surface area contributed by atoms with Crippen molar-refractivity contribution in [3.05, 3.63) is 59.2 Å². The van der Waals surface area contributed by atoms with Crippen molar-refractivity contribution in [1.82, 2.24) is 10.2 Å². The molecule has 2 unspecified atom stereocenters. The van der Waals surface area contributed by atoms with Crippen LogP contribution in [0.4, 0.5) is 0 Å². The maximum atomic E-state index is 12.3. The van der Waals surface area contributed by atoms with Gasteiger partial charge in [0.15, 0.2) is 11.5 Å². The minimum absolute atomic E-state index is 0. The van der Waals surface area contributed by atoms with Gasteiger partial charge in [-0.1, -0.05) is 36.4 Å². The van der Waals surface area contributed by atoms with Crippen molar-refractivity contribution in [2.45, 2.75) is 67.3 Å². The highest BCUT2D eigenvalue weighted by molar-refractivity contribution is 5.85. The van der Waals surface area contributed by atoms with Gasteiger partial charge in [-0.2, -0.15) is 0 Å². The van der Waals surface area contributed by atoms with Crippen LogP contribution >= 0.6 is 24.8 Å². The maximum Gasteiger partial charge on any atom is 0.321 e. The number of hydrogen-bond donors (Lipinski definition) is 3. The lowest BCUT2D eigenvalue weighted by atomic mass is 9.48. The highest BCUT2D eigenvalue weighted by Crippen LogP contribution is 2.66. The standard InChI is InChI=1S/C27H32N2O5.2ClH/c1-29-13-12-26-22-17-8-9-20(30)23(22)34-24(26)18(10-11-27(26,33-2)21(29)15-17)28-19(25(31)32)14-16-6-4-3-5-7-16;;/h3-9,18-19,21,24,28,30H,10-15H2,1-2H3,(H,31,32);2*1H/t18-,19-,21?,24-,26?,27+;;/m0../s1. The number of phenolic OH excluding ortho intramolecular Hbond substituents is 1. The largest absolute Gasteiger partial charge is 0.504 e. The summed E-state index contributed by atoms with van der Waals surface area (Å²) >= 11 is 0. The number of aromatic hydroxyl groups is 1. The first-order valence-electron chi connectivity index (χ1n) is 12.2. The molecule has 2 fully saturated rings.